The summed E-state index contributed by atoms with van der Waals surface area (Å²) in [5, 5.41) is 2.99. The van der Waals surface area contributed by atoms with E-state index in [4.69, 9.17) is 9.47 Å². The summed E-state index contributed by atoms with van der Waals surface area (Å²) in [4.78, 5) is 19.0. The fourth-order valence-electron chi connectivity index (χ4n) is 3.09. The molecule has 1 aromatic rings. The van der Waals surface area contributed by atoms with Crippen molar-refractivity contribution in [2.45, 2.75) is 50.7 Å². The van der Waals surface area contributed by atoms with E-state index in [1.54, 1.807) is 11.3 Å². The first-order chi connectivity index (χ1) is 10.7. The minimum atomic E-state index is 0.0366. The summed E-state index contributed by atoms with van der Waals surface area (Å²) in [6, 6.07) is 0.289. The Hall–Kier alpha value is -0.980. The fraction of sp³-hybridized carbons (Fsp3) is 0.750. The van der Waals surface area contributed by atoms with E-state index in [9.17, 15) is 4.79 Å². The second-order valence-electron chi connectivity index (χ2n) is 6.08. The van der Waals surface area contributed by atoms with Crippen molar-refractivity contribution in [3.63, 3.8) is 0 Å². The van der Waals surface area contributed by atoms with E-state index in [0.717, 1.165) is 50.5 Å². The lowest BCUT2D eigenvalue weighted by Gasteiger charge is -2.40. The molecule has 1 aliphatic carbocycles. The molecule has 0 radical (unpaired) electrons. The molecule has 1 aromatic heterocycles. The van der Waals surface area contributed by atoms with E-state index in [2.05, 4.69) is 4.98 Å². The Labute approximate surface area is 135 Å². The molecule has 3 rings (SSSR count). The largest absolute Gasteiger partial charge is 0.381 e. The monoisotopic (exact) mass is 324 g/mol. The quantitative estimate of drug-likeness (QED) is 0.835. The van der Waals surface area contributed by atoms with Crippen molar-refractivity contribution in [1.82, 2.24) is 9.88 Å². The Morgan fingerprint density at radius 2 is 2.18 bits per heavy atom. The Bertz CT molecular complexity index is 507. The van der Waals surface area contributed by atoms with Crippen LogP contribution in [0.1, 0.15) is 54.0 Å². The highest BCUT2D eigenvalue weighted by Crippen LogP contribution is 2.31. The number of hydrogen-bond donors (Lipinski definition) is 0. The molecule has 1 amide bonds. The molecule has 1 saturated heterocycles. The molecule has 0 unspecified atom stereocenters. The highest BCUT2D eigenvalue weighted by molar-refractivity contribution is 7.09. The van der Waals surface area contributed by atoms with Crippen LogP contribution in [0.15, 0.2) is 5.38 Å². The molecule has 5 nitrogen and oxygen atoms in total. The molecule has 1 aliphatic heterocycles. The topological polar surface area (TPSA) is 51.7 Å². The lowest BCUT2D eigenvalue weighted by molar-refractivity contribution is -0.0345. The van der Waals surface area contributed by atoms with Crippen LogP contribution in [-0.4, -0.2) is 54.8 Å². The van der Waals surface area contributed by atoms with Crippen LogP contribution in [0.2, 0.25) is 0 Å². The number of amides is 1. The molecule has 0 spiro atoms. The molecule has 0 aromatic carbocycles. The Morgan fingerprint density at radius 3 is 2.86 bits per heavy atom. The van der Waals surface area contributed by atoms with Crippen molar-refractivity contribution < 1.29 is 14.3 Å². The van der Waals surface area contributed by atoms with E-state index < -0.39 is 0 Å². The number of carbonyl (C=O) groups is 1. The standard InChI is InChI=1S/C16H24N2O3S/c1-3-21-13-8-12(9-13)18(2)16(19)14-10-22-15(17-14)11-4-6-20-7-5-11/h10-13H,3-9H2,1-2H3. The SMILES string of the molecule is CCOC1CC(N(C)C(=O)c2csc(C3CCOCC3)n2)C1. The van der Waals surface area contributed by atoms with Gasteiger partial charge in [-0.2, -0.15) is 0 Å². The molecule has 2 heterocycles. The van der Waals surface area contributed by atoms with Gasteiger partial charge in [0.2, 0.25) is 0 Å². The summed E-state index contributed by atoms with van der Waals surface area (Å²) in [6.45, 7) is 4.35. The van der Waals surface area contributed by atoms with Crippen LogP contribution in [-0.2, 0) is 9.47 Å². The average Bonchev–Trinajstić information content (AvgIpc) is 3.00. The molecule has 6 heteroatoms. The second kappa shape index (κ2) is 7.06. The third kappa shape index (κ3) is 3.34. The van der Waals surface area contributed by atoms with Gasteiger partial charge >= 0.3 is 0 Å². The van der Waals surface area contributed by atoms with Crippen LogP contribution < -0.4 is 0 Å². The normalized spacial score (nSPS) is 25.7. The number of rotatable bonds is 5. The van der Waals surface area contributed by atoms with E-state index in [1.807, 2.05) is 24.3 Å². The third-order valence-electron chi connectivity index (χ3n) is 4.65. The van der Waals surface area contributed by atoms with Gasteiger partial charge in [0.25, 0.3) is 5.91 Å². The first-order valence-corrected chi connectivity index (χ1v) is 8.99. The summed E-state index contributed by atoms with van der Waals surface area (Å²) in [5.74, 6) is 0.492. The molecule has 122 valence electrons. The number of hydrogen-bond acceptors (Lipinski definition) is 5. The highest BCUT2D eigenvalue weighted by atomic mass is 32.1. The van der Waals surface area contributed by atoms with E-state index in [0.29, 0.717) is 17.7 Å². The minimum absolute atomic E-state index is 0.0366. The highest BCUT2D eigenvalue weighted by Gasteiger charge is 2.35. The van der Waals surface area contributed by atoms with Gasteiger partial charge in [-0.15, -0.1) is 11.3 Å². The summed E-state index contributed by atoms with van der Waals surface area (Å²) in [6.07, 6.45) is 4.21. The van der Waals surface area contributed by atoms with Crippen molar-refractivity contribution in [1.29, 1.82) is 0 Å². The summed E-state index contributed by atoms with van der Waals surface area (Å²) in [7, 11) is 1.88. The van der Waals surface area contributed by atoms with Gasteiger partial charge in [-0.3, -0.25) is 4.79 Å². The molecule has 0 atom stereocenters. The maximum Gasteiger partial charge on any atom is 0.273 e. The van der Waals surface area contributed by atoms with Crippen molar-refractivity contribution in [3.05, 3.63) is 16.1 Å². The van der Waals surface area contributed by atoms with Crippen LogP contribution in [0.25, 0.3) is 0 Å². The smallest absolute Gasteiger partial charge is 0.273 e. The minimum Gasteiger partial charge on any atom is -0.381 e. The third-order valence-corrected chi connectivity index (χ3v) is 5.66. The second-order valence-corrected chi connectivity index (χ2v) is 6.97. The van der Waals surface area contributed by atoms with Crippen molar-refractivity contribution >= 4 is 17.2 Å². The number of carbonyl (C=O) groups excluding carboxylic acids is 1. The lowest BCUT2D eigenvalue weighted by Crippen LogP contribution is -2.48. The van der Waals surface area contributed by atoms with Gasteiger partial charge in [0.15, 0.2) is 0 Å². The van der Waals surface area contributed by atoms with E-state index in [-0.39, 0.29) is 11.9 Å². The first-order valence-electron chi connectivity index (χ1n) is 8.11. The van der Waals surface area contributed by atoms with Gasteiger partial charge < -0.3 is 14.4 Å². The predicted molar refractivity (Wildman–Crippen MR) is 85.4 cm³/mol. The fourth-order valence-corrected chi connectivity index (χ4v) is 4.06. The van der Waals surface area contributed by atoms with E-state index in [1.165, 1.54) is 0 Å². The number of thiazole rings is 1. The summed E-state index contributed by atoms with van der Waals surface area (Å²) >= 11 is 1.61. The zero-order chi connectivity index (χ0) is 15.5. The number of ether oxygens (including phenoxy) is 2. The van der Waals surface area contributed by atoms with Crippen LogP contribution in [0.5, 0.6) is 0 Å². The lowest BCUT2D eigenvalue weighted by atomic mass is 9.88. The molecule has 0 N–H and O–H groups in total. The predicted octanol–water partition coefficient (Wildman–Crippen LogP) is 2.68. The van der Waals surface area contributed by atoms with Crippen molar-refractivity contribution in [2.24, 2.45) is 0 Å². The molecular weight excluding hydrogens is 300 g/mol. The van der Waals surface area contributed by atoms with Gasteiger partial charge in [-0.1, -0.05) is 0 Å². The van der Waals surface area contributed by atoms with Gasteiger partial charge in [0.1, 0.15) is 5.69 Å². The molecule has 1 saturated carbocycles. The summed E-state index contributed by atoms with van der Waals surface area (Å²) < 4.78 is 11.0. The number of nitrogens with zero attached hydrogens (tertiary/aromatic N) is 2. The van der Waals surface area contributed by atoms with Gasteiger partial charge in [-0.05, 0) is 32.6 Å². The maximum atomic E-state index is 12.5. The van der Waals surface area contributed by atoms with Crippen LogP contribution in [0.4, 0.5) is 0 Å². The van der Waals surface area contributed by atoms with Gasteiger partial charge in [-0.25, -0.2) is 4.98 Å². The summed E-state index contributed by atoms with van der Waals surface area (Å²) in [5.41, 5.74) is 0.592. The van der Waals surface area contributed by atoms with Crippen LogP contribution >= 0.6 is 11.3 Å². The Kier molecular flexibility index (Phi) is 5.10. The molecule has 0 bridgehead atoms. The van der Waals surface area contributed by atoms with Gasteiger partial charge in [0, 0.05) is 44.2 Å². The maximum absolute atomic E-state index is 12.5. The zero-order valence-corrected chi connectivity index (χ0v) is 14.1. The van der Waals surface area contributed by atoms with Crippen LogP contribution in [0, 0.1) is 0 Å². The molecule has 2 fully saturated rings. The van der Waals surface area contributed by atoms with Crippen molar-refractivity contribution in [2.75, 3.05) is 26.9 Å². The van der Waals surface area contributed by atoms with Crippen LogP contribution in [0.3, 0.4) is 0 Å². The van der Waals surface area contributed by atoms with Crippen molar-refractivity contribution in [3.8, 4) is 0 Å². The molecular formula is C16H24N2O3S. The first kappa shape index (κ1) is 15.9. The molecule has 2 aliphatic rings. The van der Waals surface area contributed by atoms with Gasteiger partial charge in [0.05, 0.1) is 11.1 Å². The average molecular weight is 324 g/mol. The number of aromatic nitrogens is 1. The van der Waals surface area contributed by atoms with E-state index >= 15 is 0 Å². The molecule has 22 heavy (non-hydrogen) atoms. The Balaban J connectivity index is 1.57. The Morgan fingerprint density at radius 1 is 1.45 bits per heavy atom. The zero-order valence-electron chi connectivity index (χ0n) is 13.3.